The quantitative estimate of drug-likeness (QED) is 0.460. The van der Waals surface area contributed by atoms with Crippen molar-refractivity contribution in [3.63, 3.8) is 0 Å². The molecule has 0 spiro atoms. The fourth-order valence-corrected chi connectivity index (χ4v) is 4.65. The fraction of sp³-hybridized carbons (Fsp3) is 0.438. The minimum absolute atomic E-state index is 0.00342. The lowest BCUT2D eigenvalue weighted by Gasteiger charge is -2.23. The number of nitrogens with zero attached hydrogens (tertiary/aromatic N) is 1. The first-order valence-corrected chi connectivity index (χ1v) is 9.72. The minimum Gasteiger partial charge on any atom is -0.461 e. The van der Waals surface area contributed by atoms with Gasteiger partial charge in [0.1, 0.15) is 17.0 Å². The summed E-state index contributed by atoms with van der Waals surface area (Å²) < 4.78 is 5.89. The molecule has 7 heteroatoms. The van der Waals surface area contributed by atoms with Gasteiger partial charge in [0.05, 0.1) is 4.91 Å². The van der Waals surface area contributed by atoms with Crippen LogP contribution in [-0.4, -0.2) is 33.7 Å². The molecule has 1 saturated heterocycles. The van der Waals surface area contributed by atoms with Crippen molar-refractivity contribution >= 4 is 57.6 Å². The fourth-order valence-electron chi connectivity index (χ4n) is 2.67. The number of thiocarbonyl (C=S) groups is 1. The van der Waals surface area contributed by atoms with Gasteiger partial charge in [0, 0.05) is 4.88 Å². The number of amides is 1. The number of ether oxygens (including phenoxy) is 1. The zero-order valence-corrected chi connectivity index (χ0v) is 15.0. The molecule has 0 atom stereocenters. The predicted molar refractivity (Wildman–Crippen MR) is 97.2 cm³/mol. The van der Waals surface area contributed by atoms with Crippen LogP contribution in [0, 0.1) is 0 Å². The van der Waals surface area contributed by atoms with Crippen molar-refractivity contribution < 1.29 is 14.3 Å². The van der Waals surface area contributed by atoms with E-state index in [9.17, 15) is 9.59 Å². The molecule has 0 N–H and O–H groups in total. The van der Waals surface area contributed by atoms with E-state index in [0.717, 1.165) is 30.6 Å². The Hall–Kier alpha value is -1.18. The van der Waals surface area contributed by atoms with Crippen molar-refractivity contribution in [2.45, 2.75) is 38.2 Å². The Labute approximate surface area is 148 Å². The van der Waals surface area contributed by atoms with Gasteiger partial charge < -0.3 is 4.74 Å². The molecule has 0 unspecified atom stereocenters. The number of hydrogen-bond donors (Lipinski definition) is 0. The van der Waals surface area contributed by atoms with Crippen LogP contribution in [0.2, 0.25) is 0 Å². The van der Waals surface area contributed by atoms with Crippen molar-refractivity contribution in [1.29, 1.82) is 0 Å². The van der Waals surface area contributed by atoms with Crippen LogP contribution < -0.4 is 0 Å². The van der Waals surface area contributed by atoms with E-state index in [-0.39, 0.29) is 24.5 Å². The maximum absolute atomic E-state index is 12.4. The van der Waals surface area contributed by atoms with Crippen molar-refractivity contribution in [1.82, 2.24) is 4.90 Å². The van der Waals surface area contributed by atoms with E-state index >= 15 is 0 Å². The van der Waals surface area contributed by atoms with E-state index in [2.05, 4.69) is 0 Å². The number of rotatable bonds is 4. The number of carbonyl (C=O) groups is 2. The second kappa shape index (κ2) is 7.59. The third-order valence-corrected chi connectivity index (χ3v) is 6.02. The van der Waals surface area contributed by atoms with Crippen LogP contribution in [-0.2, 0) is 14.3 Å². The van der Waals surface area contributed by atoms with E-state index in [4.69, 9.17) is 17.0 Å². The van der Waals surface area contributed by atoms with Crippen LogP contribution >= 0.6 is 35.3 Å². The lowest BCUT2D eigenvalue weighted by molar-refractivity contribution is -0.152. The first-order chi connectivity index (χ1) is 11.1. The monoisotopic (exact) mass is 367 g/mol. The van der Waals surface area contributed by atoms with Gasteiger partial charge in [0.15, 0.2) is 0 Å². The molecule has 1 aliphatic heterocycles. The Morgan fingerprint density at radius 1 is 1.39 bits per heavy atom. The Kier molecular flexibility index (Phi) is 5.50. The lowest BCUT2D eigenvalue weighted by Crippen LogP contribution is -2.36. The predicted octanol–water partition coefficient (Wildman–Crippen LogP) is 3.83. The molecule has 2 aliphatic rings. The molecule has 1 aromatic rings. The van der Waals surface area contributed by atoms with Crippen LogP contribution in [0.25, 0.3) is 6.08 Å². The maximum Gasteiger partial charge on any atom is 0.326 e. The highest BCUT2D eigenvalue weighted by Gasteiger charge is 2.34. The zero-order chi connectivity index (χ0) is 16.2. The highest BCUT2D eigenvalue weighted by Crippen LogP contribution is 2.33. The molecule has 4 nitrogen and oxygen atoms in total. The molecule has 1 aliphatic carbocycles. The highest BCUT2D eigenvalue weighted by molar-refractivity contribution is 8.26. The van der Waals surface area contributed by atoms with Crippen LogP contribution in [0.5, 0.6) is 0 Å². The highest BCUT2D eigenvalue weighted by atomic mass is 32.2. The van der Waals surface area contributed by atoms with Crippen LogP contribution in [0.4, 0.5) is 0 Å². The zero-order valence-electron chi connectivity index (χ0n) is 12.5. The number of esters is 1. The molecule has 23 heavy (non-hydrogen) atoms. The molecule has 0 bridgehead atoms. The number of thioether (sulfide) groups is 1. The molecule has 0 radical (unpaired) electrons. The summed E-state index contributed by atoms with van der Waals surface area (Å²) in [6.45, 7) is -0.0943. The van der Waals surface area contributed by atoms with Crippen LogP contribution in [0.15, 0.2) is 22.4 Å². The van der Waals surface area contributed by atoms with Crippen LogP contribution in [0.3, 0.4) is 0 Å². The maximum atomic E-state index is 12.4. The Balaban J connectivity index is 1.60. The third kappa shape index (κ3) is 4.22. The van der Waals surface area contributed by atoms with E-state index < -0.39 is 0 Å². The van der Waals surface area contributed by atoms with Crippen molar-refractivity contribution in [2.24, 2.45) is 0 Å². The van der Waals surface area contributed by atoms with Gasteiger partial charge in [-0.15, -0.1) is 11.3 Å². The summed E-state index contributed by atoms with van der Waals surface area (Å²) in [5.74, 6) is -0.584. The van der Waals surface area contributed by atoms with Gasteiger partial charge in [-0.2, -0.15) is 0 Å². The second-order valence-corrected chi connectivity index (χ2v) is 8.19. The Morgan fingerprint density at radius 3 is 2.87 bits per heavy atom. The first kappa shape index (κ1) is 16.7. The standard InChI is InChI=1S/C16H17NO3S3/c18-14(20-11-5-2-1-3-6-11)10-17-15(19)13(23-16(17)21)9-12-7-4-8-22-12/h4,7-9,11H,1-3,5-6,10H2/b13-9-. The van der Waals surface area contributed by atoms with Gasteiger partial charge >= 0.3 is 5.97 Å². The van der Waals surface area contributed by atoms with Gasteiger partial charge in [-0.3, -0.25) is 14.5 Å². The Morgan fingerprint density at radius 2 is 2.17 bits per heavy atom. The minimum atomic E-state index is -0.370. The topological polar surface area (TPSA) is 46.6 Å². The van der Waals surface area contributed by atoms with Crippen molar-refractivity contribution in [3.8, 4) is 0 Å². The van der Waals surface area contributed by atoms with Gasteiger partial charge in [-0.1, -0.05) is 36.5 Å². The van der Waals surface area contributed by atoms with E-state index in [0.29, 0.717) is 9.23 Å². The molecule has 2 fully saturated rings. The lowest BCUT2D eigenvalue weighted by atomic mass is 9.98. The molecular formula is C16H17NO3S3. The summed E-state index contributed by atoms with van der Waals surface area (Å²) >= 11 is 8.03. The largest absolute Gasteiger partial charge is 0.461 e. The van der Waals surface area contributed by atoms with Gasteiger partial charge in [0.25, 0.3) is 5.91 Å². The molecular weight excluding hydrogens is 350 g/mol. The molecule has 2 heterocycles. The summed E-state index contributed by atoms with van der Waals surface area (Å²) in [5, 5.41) is 1.95. The van der Waals surface area contributed by atoms with Gasteiger partial charge in [0.2, 0.25) is 0 Å². The first-order valence-electron chi connectivity index (χ1n) is 7.62. The van der Waals surface area contributed by atoms with Crippen LogP contribution in [0.1, 0.15) is 37.0 Å². The summed E-state index contributed by atoms with van der Waals surface area (Å²) in [6, 6.07) is 3.87. The van der Waals surface area contributed by atoms with E-state index in [1.807, 2.05) is 23.6 Å². The van der Waals surface area contributed by atoms with Crippen molar-refractivity contribution in [3.05, 3.63) is 27.3 Å². The SMILES string of the molecule is O=C(CN1C(=O)/C(=C/c2cccs2)SC1=S)OC1CCCCC1. The summed E-state index contributed by atoms with van der Waals surface area (Å²) in [6.07, 6.45) is 7.05. The summed E-state index contributed by atoms with van der Waals surface area (Å²) in [4.78, 5) is 27.4. The molecule has 1 saturated carbocycles. The van der Waals surface area contributed by atoms with Gasteiger partial charge in [-0.25, -0.2) is 0 Å². The molecule has 3 rings (SSSR count). The third-order valence-electron chi connectivity index (χ3n) is 3.83. The van der Waals surface area contributed by atoms with Crippen molar-refractivity contribution in [2.75, 3.05) is 6.54 Å². The molecule has 0 aromatic carbocycles. The number of hydrogen-bond acceptors (Lipinski definition) is 6. The Bertz CT molecular complexity index is 633. The van der Waals surface area contributed by atoms with E-state index in [1.165, 1.54) is 23.1 Å². The van der Waals surface area contributed by atoms with Gasteiger partial charge in [-0.05, 0) is 43.2 Å². The summed E-state index contributed by atoms with van der Waals surface area (Å²) in [7, 11) is 0. The second-order valence-electron chi connectivity index (χ2n) is 5.53. The number of thiophene rings is 1. The summed E-state index contributed by atoms with van der Waals surface area (Å²) in [5.41, 5.74) is 0. The average molecular weight is 368 g/mol. The molecule has 1 aromatic heterocycles. The normalized spacial score (nSPS) is 21.2. The van der Waals surface area contributed by atoms with E-state index in [1.54, 1.807) is 11.3 Å². The average Bonchev–Trinajstić information content (AvgIpc) is 3.13. The molecule has 1 amide bonds. The number of carbonyl (C=O) groups excluding carboxylic acids is 2. The smallest absolute Gasteiger partial charge is 0.326 e. The molecule has 122 valence electrons.